The summed E-state index contributed by atoms with van der Waals surface area (Å²) >= 11 is 12.6. The maximum Gasteiger partial charge on any atom is 0.138 e. The van der Waals surface area contributed by atoms with Crippen LogP contribution >= 0.6 is 23.2 Å². The number of amidine groups is 1. The second kappa shape index (κ2) is 17.4. The molecule has 6 atom stereocenters. The van der Waals surface area contributed by atoms with E-state index in [0.29, 0.717) is 28.6 Å². The highest BCUT2D eigenvalue weighted by atomic mass is 35.5. The van der Waals surface area contributed by atoms with Gasteiger partial charge in [0.15, 0.2) is 0 Å². The van der Waals surface area contributed by atoms with Crippen LogP contribution in [0.3, 0.4) is 0 Å². The van der Waals surface area contributed by atoms with E-state index in [1.807, 2.05) is 54.6 Å². The lowest BCUT2D eigenvalue weighted by molar-refractivity contribution is -0.231. The summed E-state index contributed by atoms with van der Waals surface area (Å²) in [5, 5.41) is 44.7. The Hall–Kier alpha value is -3.75. The zero-order chi connectivity index (χ0) is 37.8. The second-order valence-corrected chi connectivity index (χ2v) is 14.9. The first-order valence-corrected chi connectivity index (χ1v) is 19.0. The Morgan fingerprint density at radius 1 is 0.870 bits per heavy atom. The van der Waals surface area contributed by atoms with Crippen molar-refractivity contribution in [2.75, 3.05) is 58.4 Å². The molecule has 4 aromatic carbocycles. The number of nitrogens with one attached hydrogen (secondary N) is 1. The summed E-state index contributed by atoms with van der Waals surface area (Å²) in [5.41, 5.74) is 6.58. The van der Waals surface area contributed by atoms with Gasteiger partial charge in [0.2, 0.25) is 0 Å². The van der Waals surface area contributed by atoms with Gasteiger partial charge in [-0.25, -0.2) is 4.99 Å². The Kier molecular flexibility index (Phi) is 12.4. The first-order chi connectivity index (χ1) is 26.2. The molecule has 0 spiro atoms. The summed E-state index contributed by atoms with van der Waals surface area (Å²) in [6, 6.07) is 27.2. The molecule has 5 N–H and O–H groups in total. The van der Waals surface area contributed by atoms with Gasteiger partial charge in [0.1, 0.15) is 48.2 Å². The van der Waals surface area contributed by atoms with Gasteiger partial charge in [-0.1, -0.05) is 59.6 Å². The lowest BCUT2D eigenvalue weighted by atomic mass is 9.90. The predicted octanol–water partition coefficient (Wildman–Crippen LogP) is 5.34. The number of fused-ring (bicyclic) bond motifs is 2. The summed E-state index contributed by atoms with van der Waals surface area (Å²) in [5.74, 6) is 1.82. The monoisotopic (exact) mass is 776 g/mol. The van der Waals surface area contributed by atoms with Gasteiger partial charge >= 0.3 is 0 Å². The van der Waals surface area contributed by atoms with Gasteiger partial charge in [-0.2, -0.15) is 0 Å². The molecular formula is C41H46Cl2N4O7. The van der Waals surface area contributed by atoms with Crippen molar-refractivity contribution in [3.05, 3.63) is 117 Å². The van der Waals surface area contributed by atoms with E-state index < -0.39 is 37.1 Å². The number of hydrogen-bond donors (Lipinski definition) is 5. The Labute approximate surface area is 325 Å². The van der Waals surface area contributed by atoms with Crippen LogP contribution in [0.5, 0.6) is 5.75 Å². The molecule has 0 unspecified atom stereocenters. The number of aliphatic imine (C=N–C) groups is 1. The van der Waals surface area contributed by atoms with Gasteiger partial charge in [-0.15, -0.1) is 0 Å². The highest BCUT2D eigenvalue weighted by molar-refractivity contribution is 6.31. The van der Waals surface area contributed by atoms with Crippen LogP contribution in [0.15, 0.2) is 89.9 Å². The van der Waals surface area contributed by atoms with Gasteiger partial charge in [0, 0.05) is 53.9 Å². The van der Waals surface area contributed by atoms with E-state index in [-0.39, 0.29) is 6.10 Å². The minimum Gasteiger partial charge on any atom is -0.488 e. The van der Waals surface area contributed by atoms with Crippen LogP contribution in [0.25, 0.3) is 0 Å². The molecule has 0 amide bonds. The van der Waals surface area contributed by atoms with E-state index in [9.17, 15) is 20.4 Å². The summed E-state index contributed by atoms with van der Waals surface area (Å²) in [6.07, 6.45) is -4.46. The number of piperazine rings is 1. The van der Waals surface area contributed by atoms with Gasteiger partial charge in [-0.05, 0) is 78.7 Å². The third-order valence-electron chi connectivity index (χ3n) is 10.2. The van der Waals surface area contributed by atoms with E-state index in [4.69, 9.17) is 42.4 Å². The number of benzene rings is 4. The summed E-state index contributed by atoms with van der Waals surface area (Å²) < 4.78 is 16.9. The lowest BCUT2D eigenvalue weighted by Crippen LogP contribution is -2.55. The molecule has 0 saturated carbocycles. The number of nitrogens with zero attached hydrogens (tertiary/aromatic N) is 3. The van der Waals surface area contributed by atoms with Crippen LogP contribution in [-0.4, -0.2) is 120 Å². The molecule has 13 heteroatoms. The largest absolute Gasteiger partial charge is 0.488 e. The van der Waals surface area contributed by atoms with Crippen molar-refractivity contribution < 1.29 is 34.6 Å². The molecule has 4 aliphatic heterocycles. The zero-order valence-electron chi connectivity index (χ0n) is 30.0. The van der Waals surface area contributed by atoms with Crippen LogP contribution in [0.2, 0.25) is 10.0 Å². The number of hydrogen-bond acceptors (Lipinski definition) is 11. The molecular weight excluding hydrogens is 731 g/mol. The maximum atomic E-state index is 10.4. The molecule has 286 valence electrons. The number of halogens is 2. The Balaban J connectivity index is 0.000000174. The molecule has 11 nitrogen and oxygen atoms in total. The van der Waals surface area contributed by atoms with E-state index in [0.717, 1.165) is 84.5 Å². The first kappa shape index (κ1) is 38.5. The van der Waals surface area contributed by atoms with Crippen molar-refractivity contribution in [1.82, 2.24) is 9.80 Å². The zero-order valence-corrected chi connectivity index (χ0v) is 31.5. The van der Waals surface area contributed by atoms with E-state index >= 15 is 0 Å². The topological polar surface area (TPSA) is 139 Å². The number of anilines is 2. The van der Waals surface area contributed by atoms with Crippen molar-refractivity contribution in [2.24, 2.45) is 4.99 Å². The van der Waals surface area contributed by atoms with Crippen molar-refractivity contribution >= 4 is 46.1 Å². The number of aliphatic hydroxyl groups excluding tert-OH is 4. The molecule has 0 bridgehead atoms. The SMILES string of the molecule is CN1CCN(C2=Nc3cc(Cl)ccc3Nc3ccccc32)CC1.OC[C@H]1O[C@@H](c2ccc(Cl)c(Cc3ccc(O[C@H]4CCOC4)cc3)c2)[C@H](O)[C@@H](O)[C@@H]1O. The Bertz CT molecular complexity index is 1920. The minimum absolute atomic E-state index is 0.0931. The van der Waals surface area contributed by atoms with Crippen LogP contribution in [0.1, 0.15) is 34.8 Å². The number of rotatable bonds is 6. The molecule has 0 radical (unpaired) electrons. The van der Waals surface area contributed by atoms with E-state index in [1.54, 1.807) is 12.1 Å². The number of aliphatic hydroxyl groups is 4. The Morgan fingerprint density at radius 3 is 2.39 bits per heavy atom. The van der Waals surface area contributed by atoms with Crippen molar-refractivity contribution in [3.8, 4) is 5.75 Å². The van der Waals surface area contributed by atoms with Crippen molar-refractivity contribution in [1.29, 1.82) is 0 Å². The lowest BCUT2D eigenvalue weighted by Gasteiger charge is -2.40. The average Bonchev–Trinajstić information content (AvgIpc) is 3.64. The molecule has 0 aromatic heterocycles. The molecule has 3 saturated heterocycles. The highest BCUT2D eigenvalue weighted by Gasteiger charge is 2.44. The fourth-order valence-electron chi connectivity index (χ4n) is 7.06. The molecule has 54 heavy (non-hydrogen) atoms. The average molecular weight is 778 g/mol. The standard InChI is InChI=1S/C23H27ClO7.C18H19ClN4/c24-18-6-3-14(23-22(28)21(27)20(26)19(11-25)31-23)10-15(18)9-13-1-4-16(5-2-13)30-17-7-8-29-12-17;1-22-8-10-23(11-9-22)18-14-4-2-3-5-15(14)20-16-7-6-13(19)12-17(16)21-18/h1-6,10,17,19-23,25-28H,7-9,11-12H2;2-7,12,20H,8-11H2,1H3/t17-,19+,20+,21-,22+,23-;/m0./s1. The third-order valence-corrected chi connectivity index (χ3v) is 10.8. The number of para-hydroxylation sites is 1. The molecule has 8 rings (SSSR count). The molecule has 4 aliphatic rings. The molecule has 0 aliphatic carbocycles. The summed E-state index contributed by atoms with van der Waals surface area (Å²) in [4.78, 5) is 9.69. The quantitative estimate of drug-likeness (QED) is 0.175. The van der Waals surface area contributed by atoms with Crippen LogP contribution < -0.4 is 10.1 Å². The van der Waals surface area contributed by atoms with Crippen molar-refractivity contribution in [2.45, 2.75) is 49.5 Å². The van der Waals surface area contributed by atoms with Gasteiger partial charge < -0.3 is 49.8 Å². The van der Waals surface area contributed by atoms with Gasteiger partial charge in [-0.3, -0.25) is 0 Å². The summed E-state index contributed by atoms with van der Waals surface area (Å²) in [6.45, 7) is 4.95. The smallest absolute Gasteiger partial charge is 0.138 e. The van der Waals surface area contributed by atoms with Gasteiger partial charge in [0.05, 0.1) is 31.2 Å². The predicted molar refractivity (Wildman–Crippen MR) is 210 cm³/mol. The summed E-state index contributed by atoms with van der Waals surface area (Å²) in [7, 11) is 2.16. The van der Waals surface area contributed by atoms with Crippen LogP contribution in [0, 0.1) is 0 Å². The fourth-order valence-corrected chi connectivity index (χ4v) is 7.41. The normalized spacial score (nSPS) is 25.3. The van der Waals surface area contributed by atoms with Crippen molar-refractivity contribution in [3.63, 3.8) is 0 Å². The van der Waals surface area contributed by atoms with Crippen LogP contribution in [0.4, 0.5) is 17.1 Å². The maximum absolute atomic E-state index is 10.4. The molecule has 3 fully saturated rings. The molecule has 4 heterocycles. The first-order valence-electron chi connectivity index (χ1n) is 18.3. The third kappa shape index (κ3) is 8.86. The fraction of sp³-hybridized carbons (Fsp3) is 0.390. The highest BCUT2D eigenvalue weighted by Crippen LogP contribution is 2.37. The number of ether oxygens (including phenoxy) is 3. The minimum atomic E-state index is -1.42. The molecule has 4 aromatic rings. The van der Waals surface area contributed by atoms with E-state index in [1.165, 1.54) is 0 Å². The Morgan fingerprint density at radius 2 is 1.65 bits per heavy atom. The van der Waals surface area contributed by atoms with E-state index in [2.05, 4.69) is 40.4 Å². The second-order valence-electron chi connectivity index (χ2n) is 14.1. The van der Waals surface area contributed by atoms with Crippen LogP contribution in [-0.2, 0) is 15.9 Å². The number of likely N-dealkylation sites (N-methyl/N-ethyl adjacent to an activating group) is 1. The van der Waals surface area contributed by atoms with Gasteiger partial charge in [0.25, 0.3) is 0 Å².